The smallest absolute Gasteiger partial charge is 0.391 e. The summed E-state index contributed by atoms with van der Waals surface area (Å²) in [6.07, 6.45) is -2.67. The number of halogens is 3. The summed E-state index contributed by atoms with van der Waals surface area (Å²) < 4.78 is 37.7. The number of carbonyl (C=O) groups is 1. The van der Waals surface area contributed by atoms with Gasteiger partial charge in [-0.25, -0.2) is 0 Å². The molecule has 1 saturated heterocycles. The van der Waals surface area contributed by atoms with Crippen molar-refractivity contribution in [2.75, 3.05) is 26.2 Å². The maximum atomic E-state index is 12.6. The molecule has 0 radical (unpaired) electrons. The summed E-state index contributed by atoms with van der Waals surface area (Å²) in [5.74, 6) is -2.07. The van der Waals surface area contributed by atoms with Crippen molar-refractivity contribution in [1.82, 2.24) is 10.2 Å². The molecule has 1 rings (SSSR count). The van der Waals surface area contributed by atoms with Crippen LogP contribution >= 0.6 is 0 Å². The Morgan fingerprint density at radius 1 is 1.33 bits per heavy atom. The van der Waals surface area contributed by atoms with E-state index in [2.05, 4.69) is 5.32 Å². The van der Waals surface area contributed by atoms with Crippen molar-refractivity contribution < 1.29 is 23.1 Å². The molecule has 21 heavy (non-hydrogen) atoms. The Labute approximate surface area is 123 Å². The average molecular weight is 310 g/mol. The molecule has 1 aliphatic heterocycles. The number of carboxylic acid groups (broad SMARTS) is 1. The van der Waals surface area contributed by atoms with Crippen LogP contribution in [-0.2, 0) is 4.79 Å². The SMILES string of the molecule is CCNC(C)(CCCN1CCC(C(F)(F)F)CC1)C(=O)O. The second-order valence-corrected chi connectivity index (χ2v) is 5.93. The van der Waals surface area contributed by atoms with Gasteiger partial charge >= 0.3 is 12.1 Å². The minimum Gasteiger partial charge on any atom is -0.480 e. The number of nitrogens with zero attached hydrogens (tertiary/aromatic N) is 1. The average Bonchev–Trinajstić information content (AvgIpc) is 2.38. The minimum atomic E-state index is -4.08. The molecule has 1 fully saturated rings. The maximum Gasteiger partial charge on any atom is 0.391 e. The first-order chi connectivity index (χ1) is 9.69. The normalized spacial score (nSPS) is 21.2. The van der Waals surface area contributed by atoms with E-state index in [4.69, 9.17) is 0 Å². The first kappa shape index (κ1) is 18.2. The topological polar surface area (TPSA) is 52.6 Å². The van der Waals surface area contributed by atoms with Gasteiger partial charge in [-0.05, 0) is 58.8 Å². The van der Waals surface area contributed by atoms with Crippen LogP contribution in [0.2, 0.25) is 0 Å². The highest BCUT2D eigenvalue weighted by Gasteiger charge is 2.41. The zero-order chi connectivity index (χ0) is 16.1. The third-order valence-corrected chi connectivity index (χ3v) is 4.24. The van der Waals surface area contributed by atoms with Crippen molar-refractivity contribution in [2.24, 2.45) is 5.92 Å². The van der Waals surface area contributed by atoms with E-state index in [-0.39, 0.29) is 12.8 Å². The number of piperidine rings is 1. The molecule has 0 aromatic heterocycles. The monoisotopic (exact) mass is 310 g/mol. The van der Waals surface area contributed by atoms with E-state index in [1.54, 1.807) is 6.92 Å². The molecule has 2 N–H and O–H groups in total. The third kappa shape index (κ3) is 5.47. The lowest BCUT2D eigenvalue weighted by Gasteiger charge is -2.33. The van der Waals surface area contributed by atoms with E-state index in [1.165, 1.54) is 0 Å². The molecule has 124 valence electrons. The number of nitrogens with one attached hydrogen (secondary N) is 1. The Bertz CT molecular complexity index is 342. The van der Waals surface area contributed by atoms with Crippen LogP contribution in [-0.4, -0.2) is 53.9 Å². The lowest BCUT2D eigenvalue weighted by atomic mass is 9.94. The van der Waals surface area contributed by atoms with Crippen LogP contribution in [0.15, 0.2) is 0 Å². The maximum absolute atomic E-state index is 12.6. The Hall–Kier alpha value is -0.820. The van der Waals surface area contributed by atoms with Crippen LogP contribution in [0.4, 0.5) is 13.2 Å². The first-order valence-electron chi connectivity index (χ1n) is 7.46. The summed E-state index contributed by atoms with van der Waals surface area (Å²) >= 11 is 0. The van der Waals surface area contributed by atoms with Crippen LogP contribution in [0.25, 0.3) is 0 Å². The highest BCUT2D eigenvalue weighted by Crippen LogP contribution is 2.34. The van der Waals surface area contributed by atoms with Gasteiger partial charge in [0.1, 0.15) is 5.54 Å². The number of likely N-dealkylation sites (tertiary alicyclic amines) is 1. The van der Waals surface area contributed by atoms with Crippen molar-refractivity contribution in [3.05, 3.63) is 0 Å². The predicted octanol–water partition coefficient (Wildman–Crippen LogP) is 2.49. The molecule has 0 aromatic carbocycles. The summed E-state index contributed by atoms with van der Waals surface area (Å²) in [4.78, 5) is 13.2. The number of likely N-dealkylation sites (N-methyl/N-ethyl adjacent to an activating group) is 1. The van der Waals surface area contributed by atoms with E-state index >= 15 is 0 Å². The fourth-order valence-electron chi connectivity index (χ4n) is 2.80. The fraction of sp³-hybridized carbons (Fsp3) is 0.929. The molecule has 0 spiro atoms. The molecule has 0 amide bonds. The van der Waals surface area contributed by atoms with Gasteiger partial charge in [0.25, 0.3) is 0 Å². The van der Waals surface area contributed by atoms with Crippen molar-refractivity contribution >= 4 is 5.97 Å². The van der Waals surface area contributed by atoms with Gasteiger partial charge in [0.05, 0.1) is 5.92 Å². The quantitative estimate of drug-likeness (QED) is 0.758. The molecule has 0 bridgehead atoms. The van der Waals surface area contributed by atoms with Gasteiger partial charge in [-0.3, -0.25) is 4.79 Å². The molecular weight excluding hydrogens is 285 g/mol. The number of hydrogen-bond donors (Lipinski definition) is 2. The first-order valence-corrected chi connectivity index (χ1v) is 7.46. The zero-order valence-electron chi connectivity index (χ0n) is 12.7. The molecule has 0 aromatic rings. The number of carboxylic acids is 1. The Balaban J connectivity index is 2.33. The number of aliphatic carboxylic acids is 1. The van der Waals surface area contributed by atoms with Gasteiger partial charge in [-0.2, -0.15) is 13.2 Å². The fourth-order valence-corrected chi connectivity index (χ4v) is 2.80. The van der Waals surface area contributed by atoms with Gasteiger partial charge in [0.2, 0.25) is 0 Å². The van der Waals surface area contributed by atoms with Gasteiger partial charge in [-0.1, -0.05) is 6.92 Å². The molecule has 0 saturated carbocycles. The third-order valence-electron chi connectivity index (χ3n) is 4.24. The van der Waals surface area contributed by atoms with Crippen molar-refractivity contribution in [3.8, 4) is 0 Å². The van der Waals surface area contributed by atoms with Crippen LogP contribution < -0.4 is 5.32 Å². The predicted molar refractivity (Wildman–Crippen MR) is 74.2 cm³/mol. The molecule has 4 nitrogen and oxygen atoms in total. The minimum absolute atomic E-state index is 0.146. The number of hydrogen-bond acceptors (Lipinski definition) is 3. The van der Waals surface area contributed by atoms with Crippen LogP contribution in [0.5, 0.6) is 0 Å². The summed E-state index contributed by atoms with van der Waals surface area (Å²) in [7, 11) is 0. The zero-order valence-corrected chi connectivity index (χ0v) is 12.7. The molecule has 1 unspecified atom stereocenters. The second kappa shape index (κ2) is 7.45. The van der Waals surface area contributed by atoms with E-state index in [1.807, 2.05) is 11.8 Å². The van der Waals surface area contributed by atoms with Gasteiger partial charge in [0.15, 0.2) is 0 Å². The molecule has 1 heterocycles. The van der Waals surface area contributed by atoms with E-state index < -0.39 is 23.6 Å². The molecule has 1 aliphatic rings. The molecule has 1 atom stereocenters. The lowest BCUT2D eigenvalue weighted by molar-refractivity contribution is -0.185. The standard InChI is InChI=1S/C14H25F3N2O2/c1-3-18-13(2,12(20)21)7-4-8-19-9-5-11(6-10-19)14(15,16)17/h11,18H,3-10H2,1-2H3,(H,20,21). The summed E-state index contributed by atoms with van der Waals surface area (Å²) in [5, 5.41) is 12.2. The van der Waals surface area contributed by atoms with Gasteiger partial charge in [0, 0.05) is 0 Å². The van der Waals surface area contributed by atoms with E-state index in [9.17, 15) is 23.1 Å². The van der Waals surface area contributed by atoms with Crippen LogP contribution in [0.1, 0.15) is 39.5 Å². The molecular formula is C14H25F3N2O2. The van der Waals surface area contributed by atoms with Crippen molar-refractivity contribution in [3.63, 3.8) is 0 Å². The van der Waals surface area contributed by atoms with Crippen molar-refractivity contribution in [1.29, 1.82) is 0 Å². The van der Waals surface area contributed by atoms with E-state index in [0.717, 1.165) is 0 Å². The number of rotatable bonds is 7. The number of alkyl halides is 3. The van der Waals surface area contributed by atoms with Gasteiger partial charge in [-0.15, -0.1) is 0 Å². The van der Waals surface area contributed by atoms with Crippen molar-refractivity contribution in [2.45, 2.75) is 51.2 Å². The molecule has 7 heteroatoms. The highest BCUT2D eigenvalue weighted by atomic mass is 19.4. The largest absolute Gasteiger partial charge is 0.480 e. The van der Waals surface area contributed by atoms with Crippen LogP contribution in [0.3, 0.4) is 0 Å². The Morgan fingerprint density at radius 3 is 2.33 bits per heavy atom. The Morgan fingerprint density at radius 2 is 1.90 bits per heavy atom. The van der Waals surface area contributed by atoms with Crippen LogP contribution in [0, 0.1) is 5.92 Å². The second-order valence-electron chi connectivity index (χ2n) is 5.93. The summed E-state index contributed by atoms with van der Waals surface area (Å²) in [5.41, 5.74) is -0.959. The summed E-state index contributed by atoms with van der Waals surface area (Å²) in [6.45, 7) is 5.60. The lowest BCUT2D eigenvalue weighted by Crippen LogP contribution is -2.50. The van der Waals surface area contributed by atoms with E-state index in [0.29, 0.717) is 39.0 Å². The Kier molecular flexibility index (Phi) is 6.46. The molecule has 0 aliphatic carbocycles. The van der Waals surface area contributed by atoms with Gasteiger partial charge < -0.3 is 15.3 Å². The highest BCUT2D eigenvalue weighted by molar-refractivity contribution is 5.78. The summed E-state index contributed by atoms with van der Waals surface area (Å²) in [6, 6.07) is 0.